The van der Waals surface area contributed by atoms with Crippen molar-refractivity contribution in [3.8, 4) is 23.0 Å². The fraction of sp³-hybridized carbons (Fsp3) is 0.320. The van der Waals surface area contributed by atoms with Gasteiger partial charge >= 0.3 is 6.01 Å². The molecule has 3 heterocycles. The van der Waals surface area contributed by atoms with E-state index in [2.05, 4.69) is 24.1 Å². The average molecular weight is 464 g/mol. The van der Waals surface area contributed by atoms with E-state index < -0.39 is 0 Å². The van der Waals surface area contributed by atoms with Crippen LogP contribution in [0.1, 0.15) is 31.7 Å². The van der Waals surface area contributed by atoms with Gasteiger partial charge in [-0.3, -0.25) is 4.98 Å². The number of halogens is 1. The molecule has 2 aromatic heterocycles. The number of aryl methyl sites for hydroxylation is 1. The summed E-state index contributed by atoms with van der Waals surface area (Å²) in [4.78, 5) is 16.3. The van der Waals surface area contributed by atoms with E-state index in [0.29, 0.717) is 34.8 Å². The van der Waals surface area contributed by atoms with Crippen molar-refractivity contribution in [2.75, 3.05) is 25.1 Å². The van der Waals surface area contributed by atoms with E-state index in [9.17, 15) is 9.50 Å². The topological polar surface area (TPSA) is 71.4 Å². The van der Waals surface area contributed by atoms with Crippen molar-refractivity contribution in [2.45, 2.75) is 32.6 Å². The van der Waals surface area contributed by atoms with Crippen LogP contribution in [0.3, 0.4) is 0 Å². The average Bonchev–Trinajstić information content (AvgIpc) is 2.84. The lowest BCUT2D eigenvalue weighted by atomic mass is 9.94. The monoisotopic (exact) mass is 464 g/mol. The number of hydrogen-bond donors (Lipinski definition) is 1. The minimum absolute atomic E-state index is 0.103. The standard InChI is InChI=1S/C25H26FN4O2P/c1-3-16-19(26)8-7-14-11-15(31)12-17(20(14)16)21-23(33)22-18(13-27-21)24(29-25(28-22)32-2)30-9-5-4-6-10-30/h7-8,11-13,31H,3-6,9-10,33H2,1-2H3. The molecule has 1 fully saturated rings. The number of nitrogens with zero attached hydrogens (tertiary/aromatic N) is 4. The molecule has 1 unspecified atom stereocenters. The molecular formula is C25H26FN4O2P. The quantitative estimate of drug-likeness (QED) is 0.440. The molecule has 1 saturated heterocycles. The summed E-state index contributed by atoms with van der Waals surface area (Å²) in [5, 5.41) is 13.5. The maximum Gasteiger partial charge on any atom is 0.318 e. The first-order valence-electron chi connectivity index (χ1n) is 11.2. The van der Waals surface area contributed by atoms with Crippen LogP contribution in [0.15, 0.2) is 30.5 Å². The van der Waals surface area contributed by atoms with Crippen LogP contribution in [0.25, 0.3) is 32.9 Å². The molecule has 1 aliphatic rings. The van der Waals surface area contributed by atoms with Crippen LogP contribution in [0.2, 0.25) is 0 Å². The van der Waals surface area contributed by atoms with E-state index in [1.807, 2.05) is 6.92 Å². The Morgan fingerprint density at radius 1 is 1.15 bits per heavy atom. The summed E-state index contributed by atoms with van der Waals surface area (Å²) >= 11 is 0. The van der Waals surface area contributed by atoms with E-state index in [-0.39, 0.29) is 11.6 Å². The number of fused-ring (bicyclic) bond motifs is 2. The summed E-state index contributed by atoms with van der Waals surface area (Å²) in [6.45, 7) is 3.78. The summed E-state index contributed by atoms with van der Waals surface area (Å²) in [5.41, 5.74) is 2.61. The number of rotatable bonds is 4. The van der Waals surface area contributed by atoms with E-state index in [0.717, 1.165) is 53.2 Å². The van der Waals surface area contributed by atoms with E-state index in [1.54, 1.807) is 31.5 Å². The second-order valence-electron chi connectivity index (χ2n) is 8.34. The first kappa shape index (κ1) is 21.8. The fourth-order valence-electron chi connectivity index (χ4n) is 4.76. The van der Waals surface area contributed by atoms with Crippen molar-refractivity contribution in [3.05, 3.63) is 41.8 Å². The van der Waals surface area contributed by atoms with Crippen LogP contribution in [0.4, 0.5) is 10.2 Å². The smallest absolute Gasteiger partial charge is 0.318 e. The van der Waals surface area contributed by atoms with Crippen molar-refractivity contribution in [2.24, 2.45) is 0 Å². The Balaban J connectivity index is 1.79. The minimum atomic E-state index is -0.264. The van der Waals surface area contributed by atoms with Gasteiger partial charge in [-0.1, -0.05) is 13.0 Å². The lowest BCUT2D eigenvalue weighted by Crippen LogP contribution is -2.30. The van der Waals surface area contributed by atoms with Gasteiger partial charge in [0.2, 0.25) is 0 Å². The maximum absolute atomic E-state index is 14.7. The number of aromatic hydroxyl groups is 1. The molecule has 1 N–H and O–H groups in total. The number of benzene rings is 2. The van der Waals surface area contributed by atoms with E-state index >= 15 is 0 Å². The van der Waals surface area contributed by atoms with Gasteiger partial charge in [-0.25, -0.2) is 4.39 Å². The molecule has 2 aromatic carbocycles. The Kier molecular flexibility index (Phi) is 5.75. The zero-order valence-corrected chi connectivity index (χ0v) is 19.9. The molecule has 6 nitrogen and oxygen atoms in total. The Hall–Kier alpha value is -3.05. The molecule has 0 saturated carbocycles. The van der Waals surface area contributed by atoms with Crippen LogP contribution >= 0.6 is 9.24 Å². The predicted octanol–water partition coefficient (Wildman–Crippen LogP) is 4.75. The van der Waals surface area contributed by atoms with Gasteiger partial charge in [0.1, 0.15) is 17.4 Å². The third-order valence-corrected chi connectivity index (χ3v) is 6.88. The van der Waals surface area contributed by atoms with Gasteiger partial charge in [0.05, 0.1) is 23.7 Å². The third kappa shape index (κ3) is 3.74. The molecule has 0 radical (unpaired) electrons. The highest BCUT2D eigenvalue weighted by Gasteiger charge is 2.22. The molecule has 5 rings (SSSR count). The largest absolute Gasteiger partial charge is 0.508 e. The van der Waals surface area contributed by atoms with E-state index in [4.69, 9.17) is 9.72 Å². The van der Waals surface area contributed by atoms with Crippen LogP contribution in [-0.4, -0.2) is 40.3 Å². The van der Waals surface area contributed by atoms with Crippen LogP contribution < -0.4 is 14.9 Å². The molecule has 0 bridgehead atoms. The number of anilines is 1. The second kappa shape index (κ2) is 8.71. The van der Waals surface area contributed by atoms with Crippen molar-refractivity contribution in [1.82, 2.24) is 15.0 Å². The molecule has 0 spiro atoms. The molecular weight excluding hydrogens is 438 g/mol. The van der Waals surface area contributed by atoms with Gasteiger partial charge in [0.15, 0.2) is 0 Å². The van der Waals surface area contributed by atoms with Crippen molar-refractivity contribution in [1.29, 1.82) is 0 Å². The summed E-state index contributed by atoms with van der Waals surface area (Å²) in [5.74, 6) is 0.659. The summed E-state index contributed by atoms with van der Waals surface area (Å²) in [6.07, 6.45) is 5.76. The van der Waals surface area contributed by atoms with Crippen LogP contribution in [0, 0.1) is 5.82 Å². The van der Waals surface area contributed by atoms with Gasteiger partial charge in [-0.15, -0.1) is 9.24 Å². The predicted molar refractivity (Wildman–Crippen MR) is 133 cm³/mol. The summed E-state index contributed by atoms with van der Waals surface area (Å²) in [7, 11) is 4.30. The van der Waals surface area contributed by atoms with Crippen LogP contribution in [0.5, 0.6) is 11.8 Å². The fourth-order valence-corrected chi connectivity index (χ4v) is 5.21. The molecule has 8 heteroatoms. The first-order valence-corrected chi connectivity index (χ1v) is 11.8. The Labute approximate surface area is 194 Å². The molecule has 1 aliphatic heterocycles. The van der Waals surface area contributed by atoms with E-state index in [1.165, 1.54) is 12.5 Å². The summed E-state index contributed by atoms with van der Waals surface area (Å²) < 4.78 is 20.1. The third-order valence-electron chi connectivity index (χ3n) is 6.34. The van der Waals surface area contributed by atoms with Gasteiger partial charge in [0, 0.05) is 30.2 Å². The normalized spacial score (nSPS) is 14.2. The minimum Gasteiger partial charge on any atom is -0.508 e. The Bertz CT molecular complexity index is 1370. The number of aromatic nitrogens is 3. The highest BCUT2D eigenvalue weighted by molar-refractivity contribution is 7.28. The Morgan fingerprint density at radius 3 is 2.67 bits per heavy atom. The SMILES string of the molecule is CCc1c(F)ccc2cc(O)cc(-c3ncc4c(N5CCCCC5)nc(OC)nc4c3P)c12. The van der Waals surface area contributed by atoms with Crippen molar-refractivity contribution >= 4 is 42.0 Å². The number of phenolic OH excluding ortho intramolecular Hbond substituents is 1. The molecule has 0 amide bonds. The molecule has 4 aromatic rings. The number of hydrogen-bond acceptors (Lipinski definition) is 6. The van der Waals surface area contributed by atoms with Gasteiger partial charge in [0.25, 0.3) is 0 Å². The van der Waals surface area contributed by atoms with Gasteiger partial charge in [-0.05, 0) is 60.2 Å². The molecule has 0 aliphatic carbocycles. The number of ether oxygens (including phenoxy) is 1. The Morgan fingerprint density at radius 2 is 1.94 bits per heavy atom. The molecule has 170 valence electrons. The molecule has 33 heavy (non-hydrogen) atoms. The number of piperidine rings is 1. The molecule has 1 atom stereocenters. The zero-order chi connectivity index (χ0) is 23.1. The van der Waals surface area contributed by atoms with Crippen LogP contribution in [-0.2, 0) is 6.42 Å². The van der Waals surface area contributed by atoms with Gasteiger partial charge < -0.3 is 14.7 Å². The lowest BCUT2D eigenvalue weighted by molar-refractivity contribution is 0.381. The number of pyridine rings is 1. The highest BCUT2D eigenvalue weighted by Crippen LogP contribution is 2.37. The summed E-state index contributed by atoms with van der Waals surface area (Å²) in [6, 6.07) is 6.73. The van der Waals surface area contributed by atoms with Gasteiger partial charge in [-0.2, -0.15) is 9.97 Å². The highest BCUT2D eigenvalue weighted by atomic mass is 31.0. The second-order valence-corrected chi connectivity index (χ2v) is 8.91. The van der Waals surface area contributed by atoms with Crippen molar-refractivity contribution < 1.29 is 14.2 Å². The first-order chi connectivity index (χ1) is 16.0. The maximum atomic E-state index is 14.7. The number of methoxy groups -OCH3 is 1. The number of phenols is 1. The van der Waals surface area contributed by atoms with Crippen molar-refractivity contribution in [3.63, 3.8) is 0 Å². The zero-order valence-electron chi connectivity index (χ0n) is 18.7. The lowest BCUT2D eigenvalue weighted by Gasteiger charge is -2.28.